The fourth-order valence-electron chi connectivity index (χ4n) is 3.26. The molecule has 110 valence electrons. The van der Waals surface area contributed by atoms with E-state index in [4.69, 9.17) is 0 Å². The van der Waals surface area contributed by atoms with E-state index in [1.54, 1.807) is 0 Å². The lowest BCUT2D eigenvalue weighted by molar-refractivity contribution is -0.129. The Morgan fingerprint density at radius 3 is 2.42 bits per heavy atom. The number of carbonyl (C=O) groups excluding carboxylic acids is 1. The molecule has 0 bridgehead atoms. The average molecular weight is 338 g/mol. The topological polar surface area (TPSA) is 29.1 Å². The minimum atomic E-state index is -2.55. The molecule has 19 heavy (non-hydrogen) atoms. The van der Waals surface area contributed by atoms with Crippen molar-refractivity contribution in [3.05, 3.63) is 0 Å². The molecular formula is C14H22BrF2NO. The van der Waals surface area contributed by atoms with Gasteiger partial charge in [0.25, 0.3) is 0 Å². The third-order valence-electron chi connectivity index (χ3n) is 4.64. The van der Waals surface area contributed by atoms with Crippen molar-refractivity contribution in [1.82, 2.24) is 5.32 Å². The summed E-state index contributed by atoms with van der Waals surface area (Å²) in [6.07, 6.45) is 3.99. The monoisotopic (exact) mass is 337 g/mol. The molecule has 0 radical (unpaired) electrons. The second-order valence-electron chi connectivity index (χ2n) is 5.98. The molecule has 5 heteroatoms. The first-order chi connectivity index (χ1) is 9.02. The highest BCUT2D eigenvalue weighted by Crippen LogP contribution is 2.36. The Hall–Kier alpha value is -0.190. The van der Waals surface area contributed by atoms with Crippen molar-refractivity contribution in [1.29, 1.82) is 0 Å². The largest absolute Gasteiger partial charge is 0.356 e. The molecular weight excluding hydrogens is 316 g/mol. The highest BCUT2D eigenvalue weighted by molar-refractivity contribution is 9.09. The summed E-state index contributed by atoms with van der Waals surface area (Å²) >= 11 is 3.52. The molecule has 1 N–H and O–H groups in total. The molecule has 0 aromatic heterocycles. The minimum Gasteiger partial charge on any atom is -0.356 e. The molecule has 2 atom stereocenters. The van der Waals surface area contributed by atoms with Gasteiger partial charge in [-0.05, 0) is 37.5 Å². The SMILES string of the molecule is O=C(NCC1CCCC1CBr)C1CCC(F)(F)CC1. The molecule has 1 amide bonds. The van der Waals surface area contributed by atoms with Crippen molar-refractivity contribution >= 4 is 21.8 Å². The Balaban J connectivity index is 1.73. The summed E-state index contributed by atoms with van der Waals surface area (Å²) in [4.78, 5) is 12.0. The Bertz CT molecular complexity index is 315. The Morgan fingerprint density at radius 1 is 1.16 bits per heavy atom. The van der Waals surface area contributed by atoms with Crippen LogP contribution in [-0.4, -0.2) is 23.7 Å². The average Bonchev–Trinajstić information content (AvgIpc) is 2.83. The van der Waals surface area contributed by atoms with Gasteiger partial charge in [0.1, 0.15) is 0 Å². The van der Waals surface area contributed by atoms with E-state index in [1.807, 2.05) is 0 Å². The van der Waals surface area contributed by atoms with Gasteiger partial charge >= 0.3 is 0 Å². The first-order valence-electron chi connectivity index (χ1n) is 7.23. The number of hydrogen-bond donors (Lipinski definition) is 1. The van der Waals surface area contributed by atoms with Crippen molar-refractivity contribution in [3.8, 4) is 0 Å². The molecule has 0 saturated heterocycles. The molecule has 0 aromatic carbocycles. The van der Waals surface area contributed by atoms with Crippen LogP contribution in [0.3, 0.4) is 0 Å². The summed E-state index contributed by atoms with van der Waals surface area (Å²) < 4.78 is 26.1. The maximum Gasteiger partial charge on any atom is 0.248 e. The van der Waals surface area contributed by atoms with Crippen molar-refractivity contribution in [3.63, 3.8) is 0 Å². The van der Waals surface area contributed by atoms with Crippen molar-refractivity contribution in [2.24, 2.45) is 17.8 Å². The number of hydrogen-bond acceptors (Lipinski definition) is 1. The van der Waals surface area contributed by atoms with Crippen LogP contribution in [0.5, 0.6) is 0 Å². The van der Waals surface area contributed by atoms with E-state index >= 15 is 0 Å². The molecule has 0 aliphatic heterocycles. The summed E-state index contributed by atoms with van der Waals surface area (Å²) in [7, 11) is 0. The lowest BCUT2D eigenvalue weighted by Crippen LogP contribution is -2.38. The summed E-state index contributed by atoms with van der Waals surface area (Å²) in [5, 5.41) is 3.97. The molecule has 2 aliphatic carbocycles. The highest BCUT2D eigenvalue weighted by Gasteiger charge is 2.37. The molecule has 2 rings (SSSR count). The van der Waals surface area contributed by atoms with E-state index in [1.165, 1.54) is 19.3 Å². The molecule has 2 aliphatic rings. The van der Waals surface area contributed by atoms with Crippen LogP contribution in [0.2, 0.25) is 0 Å². The fraction of sp³-hybridized carbons (Fsp3) is 0.929. The van der Waals surface area contributed by atoms with Crippen molar-refractivity contribution in [2.75, 3.05) is 11.9 Å². The third-order valence-corrected chi connectivity index (χ3v) is 5.47. The number of amides is 1. The van der Waals surface area contributed by atoms with Crippen LogP contribution in [0.15, 0.2) is 0 Å². The number of rotatable bonds is 4. The van der Waals surface area contributed by atoms with Gasteiger partial charge < -0.3 is 5.32 Å². The highest BCUT2D eigenvalue weighted by atomic mass is 79.9. The number of halogens is 3. The predicted octanol–water partition coefficient (Wildman–Crippen LogP) is 3.74. The van der Waals surface area contributed by atoms with Gasteiger partial charge in [-0.3, -0.25) is 4.79 Å². The fourth-order valence-corrected chi connectivity index (χ4v) is 4.12. The lowest BCUT2D eigenvalue weighted by Gasteiger charge is -2.28. The summed E-state index contributed by atoms with van der Waals surface area (Å²) in [6.45, 7) is 0.710. The minimum absolute atomic E-state index is 0.0178. The molecule has 2 nitrogen and oxygen atoms in total. The van der Waals surface area contributed by atoms with E-state index in [-0.39, 0.29) is 24.7 Å². The van der Waals surface area contributed by atoms with E-state index in [0.717, 1.165) is 5.33 Å². The second-order valence-corrected chi connectivity index (χ2v) is 6.63. The zero-order valence-corrected chi connectivity index (χ0v) is 12.7. The maximum absolute atomic E-state index is 13.0. The summed E-state index contributed by atoms with van der Waals surface area (Å²) in [5.41, 5.74) is 0. The smallest absolute Gasteiger partial charge is 0.248 e. The zero-order valence-electron chi connectivity index (χ0n) is 11.1. The van der Waals surface area contributed by atoms with Gasteiger partial charge in [-0.1, -0.05) is 22.4 Å². The van der Waals surface area contributed by atoms with Gasteiger partial charge in [-0.25, -0.2) is 8.78 Å². The summed E-state index contributed by atoms with van der Waals surface area (Å²) in [5.74, 6) is -1.58. The second kappa shape index (κ2) is 6.51. The van der Waals surface area contributed by atoms with E-state index in [2.05, 4.69) is 21.2 Å². The molecule has 2 unspecified atom stereocenters. The van der Waals surface area contributed by atoms with E-state index < -0.39 is 5.92 Å². The third kappa shape index (κ3) is 4.14. The lowest BCUT2D eigenvalue weighted by atomic mass is 9.86. The number of alkyl halides is 3. The molecule has 2 saturated carbocycles. The van der Waals surface area contributed by atoms with Crippen LogP contribution < -0.4 is 5.32 Å². The van der Waals surface area contributed by atoms with E-state index in [0.29, 0.717) is 31.2 Å². The van der Waals surface area contributed by atoms with Crippen LogP contribution in [0.1, 0.15) is 44.9 Å². The van der Waals surface area contributed by atoms with Crippen LogP contribution in [-0.2, 0) is 4.79 Å². The Kier molecular flexibility index (Phi) is 5.21. The molecule has 2 fully saturated rings. The number of carbonyl (C=O) groups is 1. The Labute approximate surface area is 121 Å². The van der Waals surface area contributed by atoms with Gasteiger partial charge in [0, 0.05) is 30.6 Å². The first-order valence-corrected chi connectivity index (χ1v) is 8.35. The van der Waals surface area contributed by atoms with Gasteiger partial charge in [0.2, 0.25) is 11.8 Å². The van der Waals surface area contributed by atoms with E-state index in [9.17, 15) is 13.6 Å². The normalized spacial score (nSPS) is 31.3. The van der Waals surface area contributed by atoms with Gasteiger partial charge in [-0.15, -0.1) is 0 Å². The summed E-state index contributed by atoms with van der Waals surface area (Å²) in [6, 6.07) is 0. The standard InChI is InChI=1S/C14H22BrF2NO/c15-8-11-2-1-3-12(11)9-18-13(19)10-4-6-14(16,17)7-5-10/h10-12H,1-9H2,(H,18,19). The van der Waals surface area contributed by atoms with Crippen LogP contribution in [0, 0.1) is 17.8 Å². The molecule has 0 spiro atoms. The predicted molar refractivity (Wildman–Crippen MR) is 74.5 cm³/mol. The number of nitrogens with one attached hydrogen (secondary N) is 1. The Morgan fingerprint density at radius 2 is 1.79 bits per heavy atom. The van der Waals surface area contributed by atoms with Crippen molar-refractivity contribution in [2.45, 2.75) is 50.9 Å². The van der Waals surface area contributed by atoms with Gasteiger partial charge in [0.15, 0.2) is 0 Å². The quantitative estimate of drug-likeness (QED) is 0.778. The zero-order chi connectivity index (χ0) is 13.9. The van der Waals surface area contributed by atoms with Gasteiger partial charge in [-0.2, -0.15) is 0 Å². The molecule has 0 heterocycles. The van der Waals surface area contributed by atoms with Crippen LogP contribution in [0.4, 0.5) is 8.78 Å². The van der Waals surface area contributed by atoms with Crippen LogP contribution in [0.25, 0.3) is 0 Å². The van der Waals surface area contributed by atoms with Crippen molar-refractivity contribution < 1.29 is 13.6 Å². The first kappa shape index (κ1) is 15.2. The van der Waals surface area contributed by atoms with Gasteiger partial charge in [0.05, 0.1) is 0 Å². The van der Waals surface area contributed by atoms with Crippen LogP contribution >= 0.6 is 15.9 Å². The molecule has 0 aromatic rings. The maximum atomic E-state index is 13.0.